The predicted molar refractivity (Wildman–Crippen MR) is 164 cm³/mol. The molecule has 1 saturated heterocycles. The predicted octanol–water partition coefficient (Wildman–Crippen LogP) is 7.75. The topological polar surface area (TPSA) is 79.0 Å². The normalized spacial score (nSPS) is 14.1. The van der Waals surface area contributed by atoms with Gasteiger partial charge in [-0.1, -0.05) is 40.9 Å². The van der Waals surface area contributed by atoms with Crippen LogP contribution in [0.15, 0.2) is 65.6 Å². The van der Waals surface area contributed by atoms with E-state index in [1.807, 2.05) is 18.2 Å². The van der Waals surface area contributed by atoms with Crippen LogP contribution in [0.25, 0.3) is 6.08 Å². The molecule has 0 spiro atoms. The summed E-state index contributed by atoms with van der Waals surface area (Å²) in [5.41, 5.74) is 2.81. The Morgan fingerprint density at radius 3 is 2.35 bits per heavy atom. The van der Waals surface area contributed by atoms with Gasteiger partial charge in [-0.05, 0) is 80.2 Å². The molecule has 1 N–H and O–H groups in total. The molecule has 1 fully saturated rings. The van der Waals surface area contributed by atoms with Crippen LogP contribution >= 0.6 is 46.6 Å². The van der Waals surface area contributed by atoms with Gasteiger partial charge in [-0.15, -0.1) is 0 Å². The van der Waals surface area contributed by atoms with E-state index in [0.717, 1.165) is 41.0 Å². The first-order valence-electron chi connectivity index (χ1n) is 12.4. The molecular weight excluding hydrogens is 593 g/mol. The maximum Gasteiger partial charge on any atom is 0.294 e. The molecule has 7 nitrogen and oxygen atoms in total. The second-order valence-corrected chi connectivity index (χ2v) is 11.0. The minimum atomic E-state index is -0.555. The van der Waals surface area contributed by atoms with E-state index in [1.54, 1.807) is 48.5 Å². The number of carbonyl (C=O) groups excluding carboxylic acids is 3. The number of ether oxygens (including phenoxy) is 1. The van der Waals surface area contributed by atoms with Gasteiger partial charge in [0.15, 0.2) is 0 Å². The lowest BCUT2D eigenvalue weighted by molar-refractivity contribution is -0.127. The van der Waals surface area contributed by atoms with Crippen molar-refractivity contribution in [3.63, 3.8) is 0 Å². The summed E-state index contributed by atoms with van der Waals surface area (Å²) in [4.78, 5) is 41.6. The lowest BCUT2D eigenvalue weighted by Gasteiger charge is -2.22. The Morgan fingerprint density at radius 1 is 0.975 bits per heavy atom. The molecule has 1 aliphatic heterocycles. The fourth-order valence-electron chi connectivity index (χ4n) is 4.00. The highest BCUT2D eigenvalue weighted by Crippen LogP contribution is 2.36. The van der Waals surface area contributed by atoms with E-state index in [2.05, 4.69) is 24.1 Å². The van der Waals surface area contributed by atoms with Crippen molar-refractivity contribution in [2.45, 2.75) is 20.5 Å². The summed E-state index contributed by atoms with van der Waals surface area (Å²) >= 11 is 19.0. The quantitative estimate of drug-likeness (QED) is 0.234. The Kier molecular flexibility index (Phi) is 10.0. The van der Waals surface area contributed by atoms with E-state index in [4.69, 9.17) is 39.5 Å². The van der Waals surface area contributed by atoms with Crippen molar-refractivity contribution in [1.29, 1.82) is 0 Å². The van der Waals surface area contributed by atoms with Gasteiger partial charge in [0, 0.05) is 56.7 Å². The van der Waals surface area contributed by atoms with Crippen LogP contribution in [-0.4, -0.2) is 41.6 Å². The number of halogens is 3. The van der Waals surface area contributed by atoms with Gasteiger partial charge in [0.05, 0.1) is 4.91 Å². The summed E-state index contributed by atoms with van der Waals surface area (Å²) in [6.45, 7) is 5.48. The molecular formula is C29H26Cl3N3O4S. The molecule has 40 heavy (non-hydrogen) atoms. The van der Waals surface area contributed by atoms with Gasteiger partial charge in [-0.3, -0.25) is 19.3 Å². The zero-order valence-corrected chi connectivity index (χ0v) is 24.8. The molecule has 11 heteroatoms. The molecule has 0 radical (unpaired) electrons. The first-order chi connectivity index (χ1) is 19.2. The first kappa shape index (κ1) is 29.8. The Bertz CT molecular complexity index is 1460. The molecule has 208 valence electrons. The van der Waals surface area contributed by atoms with Crippen LogP contribution in [0, 0.1) is 0 Å². The molecule has 0 aromatic heterocycles. The number of benzene rings is 3. The Morgan fingerprint density at radius 2 is 1.68 bits per heavy atom. The third-order valence-electron chi connectivity index (χ3n) is 6.11. The van der Waals surface area contributed by atoms with Crippen LogP contribution in [0.2, 0.25) is 15.1 Å². The zero-order chi connectivity index (χ0) is 28.8. The number of thioether (sulfide) groups is 1. The van der Waals surface area contributed by atoms with Crippen LogP contribution < -0.4 is 15.0 Å². The van der Waals surface area contributed by atoms with E-state index in [-0.39, 0.29) is 11.5 Å². The molecule has 3 amide bonds. The number of amides is 3. The summed E-state index contributed by atoms with van der Waals surface area (Å²) in [5.74, 6) is -0.540. The lowest BCUT2D eigenvalue weighted by Crippen LogP contribution is -2.36. The van der Waals surface area contributed by atoms with Crippen molar-refractivity contribution >= 4 is 81.1 Å². The van der Waals surface area contributed by atoms with E-state index in [9.17, 15) is 14.4 Å². The maximum atomic E-state index is 13.1. The summed E-state index contributed by atoms with van der Waals surface area (Å²) in [6, 6.07) is 17.4. The minimum Gasteiger partial charge on any atom is -0.488 e. The Labute approximate surface area is 252 Å². The van der Waals surface area contributed by atoms with Crippen LogP contribution in [0.4, 0.5) is 16.2 Å². The van der Waals surface area contributed by atoms with Crippen molar-refractivity contribution in [2.24, 2.45) is 0 Å². The summed E-state index contributed by atoms with van der Waals surface area (Å²) in [6.07, 6.45) is 1.60. The molecule has 0 atom stereocenters. The van der Waals surface area contributed by atoms with E-state index in [0.29, 0.717) is 32.1 Å². The van der Waals surface area contributed by atoms with Crippen LogP contribution in [0.1, 0.15) is 25.0 Å². The number of nitrogens with one attached hydrogen (secondary N) is 1. The van der Waals surface area contributed by atoms with Gasteiger partial charge in [0.2, 0.25) is 5.91 Å². The van der Waals surface area contributed by atoms with Gasteiger partial charge in [0.25, 0.3) is 11.1 Å². The molecule has 0 bridgehead atoms. The van der Waals surface area contributed by atoms with E-state index < -0.39 is 23.6 Å². The molecule has 0 unspecified atom stereocenters. The maximum absolute atomic E-state index is 13.1. The molecule has 3 aromatic carbocycles. The van der Waals surface area contributed by atoms with E-state index >= 15 is 0 Å². The Hall–Kier alpha value is -3.17. The fourth-order valence-corrected chi connectivity index (χ4v) is 5.42. The average Bonchev–Trinajstić information content (AvgIpc) is 3.18. The standard InChI is InChI=1S/C29H26Cl3N3O4S/c1-3-34(4-2)23-12-6-18(25(15-23)39-17-19-5-7-21(31)14-24(19)32)13-26-28(37)35(29(38)40-26)16-27(36)33-22-10-8-20(30)9-11-22/h5-15H,3-4,16-17H2,1-2H3,(H,33,36)/b26-13+. The second-order valence-electron chi connectivity index (χ2n) is 8.74. The molecule has 3 aromatic rings. The lowest BCUT2D eigenvalue weighted by atomic mass is 10.1. The van der Waals surface area contributed by atoms with Gasteiger partial charge >= 0.3 is 0 Å². The Balaban J connectivity index is 1.55. The third kappa shape index (κ3) is 7.31. The van der Waals surface area contributed by atoms with E-state index in [1.165, 1.54) is 0 Å². The largest absolute Gasteiger partial charge is 0.488 e. The fraction of sp³-hybridized carbons (Fsp3) is 0.207. The molecule has 1 aliphatic rings. The van der Waals surface area contributed by atoms with Crippen molar-refractivity contribution in [1.82, 2.24) is 4.90 Å². The zero-order valence-electron chi connectivity index (χ0n) is 21.7. The van der Waals surface area contributed by atoms with Crippen LogP contribution in [0.3, 0.4) is 0 Å². The van der Waals surface area contributed by atoms with Crippen molar-refractivity contribution in [2.75, 3.05) is 29.9 Å². The average molecular weight is 619 g/mol. The molecule has 0 aliphatic carbocycles. The van der Waals surface area contributed by atoms with Gasteiger partial charge < -0.3 is 15.0 Å². The number of anilines is 2. The highest BCUT2D eigenvalue weighted by Gasteiger charge is 2.36. The molecule has 0 saturated carbocycles. The number of hydrogen-bond acceptors (Lipinski definition) is 6. The van der Waals surface area contributed by atoms with Crippen molar-refractivity contribution in [3.8, 4) is 5.75 Å². The van der Waals surface area contributed by atoms with Crippen molar-refractivity contribution < 1.29 is 19.1 Å². The summed E-state index contributed by atoms with van der Waals surface area (Å²) in [5, 5.41) is 3.66. The number of rotatable bonds is 10. The highest BCUT2D eigenvalue weighted by atomic mass is 35.5. The summed E-state index contributed by atoms with van der Waals surface area (Å²) in [7, 11) is 0. The first-order valence-corrected chi connectivity index (χ1v) is 14.4. The van der Waals surface area contributed by atoms with Crippen molar-refractivity contribution in [3.05, 3.63) is 91.8 Å². The number of imide groups is 1. The number of hydrogen-bond donors (Lipinski definition) is 1. The highest BCUT2D eigenvalue weighted by molar-refractivity contribution is 8.18. The smallest absolute Gasteiger partial charge is 0.294 e. The minimum absolute atomic E-state index is 0.172. The van der Waals surface area contributed by atoms with Gasteiger partial charge in [-0.2, -0.15) is 0 Å². The van der Waals surface area contributed by atoms with Crippen LogP contribution in [0.5, 0.6) is 5.75 Å². The SMILES string of the molecule is CCN(CC)c1ccc(/C=C2/SC(=O)N(CC(=O)Nc3ccc(Cl)cc3)C2=O)c(OCc2ccc(Cl)cc2Cl)c1. The second kappa shape index (κ2) is 13.5. The monoisotopic (exact) mass is 617 g/mol. The number of carbonyl (C=O) groups is 3. The van der Waals surface area contributed by atoms with Crippen LogP contribution in [-0.2, 0) is 16.2 Å². The molecule has 4 rings (SSSR count). The van der Waals surface area contributed by atoms with Gasteiger partial charge in [-0.25, -0.2) is 0 Å². The third-order valence-corrected chi connectivity index (χ3v) is 7.86. The molecule has 1 heterocycles. The van der Waals surface area contributed by atoms with Gasteiger partial charge in [0.1, 0.15) is 18.9 Å². The summed E-state index contributed by atoms with van der Waals surface area (Å²) < 4.78 is 6.17. The number of nitrogens with zero attached hydrogens (tertiary/aromatic N) is 2.